The quantitative estimate of drug-likeness (QED) is 0.741. The van der Waals surface area contributed by atoms with Crippen LogP contribution in [0.1, 0.15) is 30.9 Å². The Morgan fingerprint density at radius 2 is 2.15 bits per heavy atom. The van der Waals surface area contributed by atoms with E-state index in [0.717, 1.165) is 31.4 Å². The summed E-state index contributed by atoms with van der Waals surface area (Å²) in [6, 6.07) is 6.52. The molecule has 1 aliphatic carbocycles. The van der Waals surface area contributed by atoms with Crippen molar-refractivity contribution in [1.29, 1.82) is 0 Å². The molecule has 1 saturated carbocycles. The lowest BCUT2D eigenvalue weighted by Crippen LogP contribution is -2.31. The van der Waals surface area contributed by atoms with Gasteiger partial charge >= 0.3 is 0 Å². The van der Waals surface area contributed by atoms with Crippen LogP contribution in [0.2, 0.25) is 0 Å². The van der Waals surface area contributed by atoms with Crippen LogP contribution in [-0.2, 0) is 10.2 Å². The van der Waals surface area contributed by atoms with Gasteiger partial charge in [-0.15, -0.1) is 0 Å². The van der Waals surface area contributed by atoms with Crippen molar-refractivity contribution < 1.29 is 9.47 Å². The average Bonchev–Trinajstić information content (AvgIpc) is 3.18. The van der Waals surface area contributed by atoms with Gasteiger partial charge in [-0.25, -0.2) is 0 Å². The van der Waals surface area contributed by atoms with Gasteiger partial charge in [-0.3, -0.25) is 0 Å². The topological polar surface area (TPSA) is 30.5 Å². The fourth-order valence-corrected chi connectivity index (χ4v) is 3.25. The number of ether oxygens (including phenoxy) is 2. The SMILES string of the molecule is CCC1CC1(CNCCOC)c1cc(C)ccc1OC. The van der Waals surface area contributed by atoms with Crippen molar-refractivity contribution in [2.24, 2.45) is 5.92 Å². The summed E-state index contributed by atoms with van der Waals surface area (Å²) < 4.78 is 10.7. The van der Waals surface area contributed by atoms with Crippen LogP contribution in [0.5, 0.6) is 5.75 Å². The van der Waals surface area contributed by atoms with E-state index in [0.29, 0.717) is 0 Å². The zero-order chi connectivity index (χ0) is 14.6. The van der Waals surface area contributed by atoms with Crippen LogP contribution in [0, 0.1) is 12.8 Å². The molecule has 2 rings (SSSR count). The second kappa shape index (κ2) is 6.59. The number of benzene rings is 1. The third-order valence-electron chi connectivity index (χ3n) is 4.54. The summed E-state index contributed by atoms with van der Waals surface area (Å²) in [5, 5.41) is 3.54. The molecule has 0 radical (unpaired) electrons. The fraction of sp³-hybridized carbons (Fsp3) is 0.647. The highest BCUT2D eigenvalue weighted by Crippen LogP contribution is 2.57. The molecular weight excluding hydrogens is 250 g/mol. The van der Waals surface area contributed by atoms with E-state index in [4.69, 9.17) is 9.47 Å². The van der Waals surface area contributed by atoms with Gasteiger partial charge in [0.1, 0.15) is 5.75 Å². The van der Waals surface area contributed by atoms with E-state index in [1.807, 2.05) is 0 Å². The summed E-state index contributed by atoms with van der Waals surface area (Å²) in [7, 11) is 3.51. The van der Waals surface area contributed by atoms with Gasteiger partial charge in [0.2, 0.25) is 0 Å². The van der Waals surface area contributed by atoms with E-state index in [9.17, 15) is 0 Å². The minimum absolute atomic E-state index is 0.250. The Bertz CT molecular complexity index is 447. The third-order valence-corrected chi connectivity index (χ3v) is 4.54. The molecule has 0 aliphatic heterocycles. The Kier molecular flexibility index (Phi) is 5.06. The van der Waals surface area contributed by atoms with E-state index in [-0.39, 0.29) is 5.41 Å². The average molecular weight is 277 g/mol. The molecular formula is C17H27NO2. The lowest BCUT2D eigenvalue weighted by atomic mass is 9.90. The zero-order valence-electron chi connectivity index (χ0n) is 13.2. The Morgan fingerprint density at radius 1 is 1.35 bits per heavy atom. The standard InChI is InChI=1S/C17H27NO2/c1-5-14-11-17(14,12-18-8-9-19-3)15-10-13(2)6-7-16(15)20-4/h6-7,10,14,18H,5,8-9,11-12H2,1-4H3. The van der Waals surface area contributed by atoms with Crippen molar-refractivity contribution in [2.45, 2.75) is 32.1 Å². The Hall–Kier alpha value is -1.06. The summed E-state index contributed by atoms with van der Waals surface area (Å²) in [6.07, 6.45) is 2.48. The van der Waals surface area contributed by atoms with E-state index in [1.165, 1.54) is 24.0 Å². The van der Waals surface area contributed by atoms with E-state index < -0.39 is 0 Å². The maximum atomic E-state index is 5.59. The van der Waals surface area contributed by atoms with Gasteiger partial charge < -0.3 is 14.8 Å². The molecule has 0 amide bonds. The second-order valence-corrected chi connectivity index (χ2v) is 5.84. The van der Waals surface area contributed by atoms with Gasteiger partial charge in [0.25, 0.3) is 0 Å². The molecule has 0 bridgehead atoms. The summed E-state index contributed by atoms with van der Waals surface area (Å²) in [5.41, 5.74) is 2.93. The molecule has 1 aliphatic rings. The van der Waals surface area contributed by atoms with Crippen molar-refractivity contribution in [1.82, 2.24) is 5.32 Å². The van der Waals surface area contributed by atoms with Crippen LogP contribution >= 0.6 is 0 Å². The van der Waals surface area contributed by atoms with Crippen molar-refractivity contribution in [2.75, 3.05) is 33.9 Å². The van der Waals surface area contributed by atoms with Crippen LogP contribution in [0.4, 0.5) is 0 Å². The first-order valence-electron chi connectivity index (χ1n) is 7.52. The third kappa shape index (κ3) is 2.99. The molecule has 112 valence electrons. The maximum absolute atomic E-state index is 5.59. The molecule has 1 aromatic carbocycles. The van der Waals surface area contributed by atoms with Crippen molar-refractivity contribution in [3.63, 3.8) is 0 Å². The molecule has 2 unspecified atom stereocenters. The summed E-state index contributed by atoms with van der Waals surface area (Å²) >= 11 is 0. The predicted molar refractivity (Wildman–Crippen MR) is 82.6 cm³/mol. The van der Waals surface area contributed by atoms with Crippen molar-refractivity contribution >= 4 is 0 Å². The first-order chi connectivity index (χ1) is 9.67. The number of rotatable bonds is 8. The van der Waals surface area contributed by atoms with Crippen LogP contribution in [-0.4, -0.2) is 33.9 Å². The highest BCUT2D eigenvalue weighted by atomic mass is 16.5. The van der Waals surface area contributed by atoms with E-state index in [2.05, 4.69) is 37.4 Å². The molecule has 2 atom stereocenters. The predicted octanol–water partition coefficient (Wildman–Crippen LogP) is 2.91. The van der Waals surface area contributed by atoms with Crippen LogP contribution in [0.3, 0.4) is 0 Å². The molecule has 0 saturated heterocycles. The number of nitrogens with one attached hydrogen (secondary N) is 1. The number of methoxy groups -OCH3 is 2. The van der Waals surface area contributed by atoms with Crippen LogP contribution in [0.15, 0.2) is 18.2 Å². The molecule has 3 nitrogen and oxygen atoms in total. The Labute approximate surface area is 122 Å². The minimum Gasteiger partial charge on any atom is -0.496 e. The molecule has 0 heterocycles. The Morgan fingerprint density at radius 3 is 2.75 bits per heavy atom. The van der Waals surface area contributed by atoms with Gasteiger partial charge in [0.15, 0.2) is 0 Å². The highest BCUT2D eigenvalue weighted by Gasteiger charge is 2.54. The van der Waals surface area contributed by atoms with Gasteiger partial charge in [-0.2, -0.15) is 0 Å². The number of hydrogen-bond donors (Lipinski definition) is 1. The van der Waals surface area contributed by atoms with Gasteiger partial charge in [-0.05, 0) is 25.3 Å². The normalized spacial score (nSPS) is 24.7. The molecule has 1 N–H and O–H groups in total. The molecule has 1 aromatic rings. The zero-order valence-corrected chi connectivity index (χ0v) is 13.2. The number of aryl methyl sites for hydroxylation is 1. The minimum atomic E-state index is 0.250. The first-order valence-corrected chi connectivity index (χ1v) is 7.52. The smallest absolute Gasteiger partial charge is 0.122 e. The Balaban J connectivity index is 2.18. The summed E-state index contributed by atoms with van der Waals surface area (Å²) in [5.74, 6) is 1.79. The van der Waals surface area contributed by atoms with Crippen molar-refractivity contribution in [3.8, 4) is 5.75 Å². The van der Waals surface area contributed by atoms with E-state index >= 15 is 0 Å². The first kappa shape index (κ1) is 15.3. The molecule has 20 heavy (non-hydrogen) atoms. The molecule has 0 aromatic heterocycles. The van der Waals surface area contributed by atoms with Crippen molar-refractivity contribution in [3.05, 3.63) is 29.3 Å². The lowest BCUT2D eigenvalue weighted by Gasteiger charge is -2.22. The fourth-order valence-electron chi connectivity index (χ4n) is 3.25. The molecule has 3 heteroatoms. The molecule has 1 fully saturated rings. The monoisotopic (exact) mass is 277 g/mol. The maximum Gasteiger partial charge on any atom is 0.122 e. The van der Waals surface area contributed by atoms with Gasteiger partial charge in [0.05, 0.1) is 13.7 Å². The van der Waals surface area contributed by atoms with Gasteiger partial charge in [-0.1, -0.05) is 31.0 Å². The highest BCUT2D eigenvalue weighted by molar-refractivity contribution is 5.47. The van der Waals surface area contributed by atoms with Gasteiger partial charge in [0, 0.05) is 31.2 Å². The second-order valence-electron chi connectivity index (χ2n) is 5.84. The molecule has 0 spiro atoms. The largest absolute Gasteiger partial charge is 0.496 e. The van der Waals surface area contributed by atoms with Crippen LogP contribution in [0.25, 0.3) is 0 Å². The number of hydrogen-bond acceptors (Lipinski definition) is 3. The summed E-state index contributed by atoms with van der Waals surface area (Å²) in [6.45, 7) is 7.11. The lowest BCUT2D eigenvalue weighted by molar-refractivity contribution is 0.198. The van der Waals surface area contributed by atoms with Crippen LogP contribution < -0.4 is 10.1 Å². The van der Waals surface area contributed by atoms with E-state index in [1.54, 1.807) is 14.2 Å². The summed E-state index contributed by atoms with van der Waals surface area (Å²) in [4.78, 5) is 0.